The molecule has 3 atom stereocenters. The van der Waals surface area contributed by atoms with Gasteiger partial charge in [-0.05, 0) is 62.1 Å². The van der Waals surface area contributed by atoms with Gasteiger partial charge in [-0.3, -0.25) is 9.69 Å². The van der Waals surface area contributed by atoms with Crippen molar-refractivity contribution in [1.29, 1.82) is 0 Å². The molecule has 0 spiro atoms. The number of nitrogens with zero attached hydrogens (tertiary/aromatic N) is 2. The van der Waals surface area contributed by atoms with E-state index in [4.69, 9.17) is 19.4 Å². The Bertz CT molecular complexity index is 1360. The van der Waals surface area contributed by atoms with Crippen LogP contribution in [0.5, 0.6) is 11.5 Å². The minimum atomic E-state index is -5.08. The van der Waals surface area contributed by atoms with Gasteiger partial charge in [0.1, 0.15) is 0 Å². The van der Waals surface area contributed by atoms with Gasteiger partial charge in [0, 0.05) is 43.3 Å². The Morgan fingerprint density at radius 3 is 2.25 bits per heavy atom. The lowest BCUT2D eigenvalue weighted by molar-refractivity contribution is -0.192. The van der Waals surface area contributed by atoms with Crippen molar-refractivity contribution in [2.75, 3.05) is 46.7 Å². The molecule has 2 aliphatic rings. The Kier molecular flexibility index (Phi) is 11.0. The fraction of sp³-hybridized carbons (Fsp3) is 0.483. The number of methoxy groups -OCH3 is 2. The molecule has 2 aromatic carbocycles. The topological polar surface area (TPSA) is 120 Å². The van der Waals surface area contributed by atoms with Crippen molar-refractivity contribution in [2.24, 2.45) is 0 Å². The van der Waals surface area contributed by atoms with E-state index < -0.39 is 29.8 Å². The van der Waals surface area contributed by atoms with Crippen molar-refractivity contribution < 1.29 is 50.9 Å². The number of likely N-dealkylation sites (tertiary alicyclic amines) is 1. The highest BCUT2D eigenvalue weighted by Gasteiger charge is 2.52. The second kappa shape index (κ2) is 14.1. The van der Waals surface area contributed by atoms with Crippen molar-refractivity contribution in [3.05, 3.63) is 53.6 Å². The lowest BCUT2D eigenvalue weighted by Gasteiger charge is -2.45. The number of urea groups is 1. The summed E-state index contributed by atoms with van der Waals surface area (Å²) < 4.78 is 69.5. The number of likely N-dealkylation sites (N-methyl/N-ethyl adjacent to an activating group) is 1. The van der Waals surface area contributed by atoms with Crippen LogP contribution < -0.4 is 20.1 Å². The SMILES string of the molecule is COc1ccc(C23CCC(NC(=O)Nc4ccc(F)c(F)c4)CC2N(CC(=O)N(C)C)CC3)cc1OC.O=C(O)C(F)(F)F. The van der Waals surface area contributed by atoms with E-state index in [0.717, 1.165) is 43.5 Å². The number of hydrogen-bond donors (Lipinski definition) is 3. The molecule has 242 valence electrons. The molecule has 1 heterocycles. The van der Waals surface area contributed by atoms with Crippen molar-refractivity contribution in [3.63, 3.8) is 0 Å². The van der Waals surface area contributed by atoms with E-state index in [9.17, 15) is 31.5 Å². The molecule has 3 unspecified atom stereocenters. The van der Waals surface area contributed by atoms with Gasteiger partial charge in [0.2, 0.25) is 5.91 Å². The predicted molar refractivity (Wildman–Crippen MR) is 150 cm³/mol. The number of hydrogen-bond acceptors (Lipinski definition) is 6. The number of alkyl halides is 3. The molecule has 3 N–H and O–H groups in total. The summed E-state index contributed by atoms with van der Waals surface area (Å²) in [5.41, 5.74) is 1.09. The van der Waals surface area contributed by atoms with Crippen molar-refractivity contribution in [1.82, 2.24) is 15.1 Å². The number of anilines is 1. The molecule has 0 radical (unpaired) electrons. The number of aliphatic carboxylic acids is 1. The van der Waals surface area contributed by atoms with Crippen LogP contribution in [0.3, 0.4) is 0 Å². The number of nitrogens with one attached hydrogen (secondary N) is 2. The molecular formula is C29H35F5N4O6. The second-order valence-electron chi connectivity index (χ2n) is 10.8. The smallest absolute Gasteiger partial charge is 0.490 e. The van der Waals surface area contributed by atoms with Gasteiger partial charge in [-0.15, -0.1) is 0 Å². The summed E-state index contributed by atoms with van der Waals surface area (Å²) >= 11 is 0. The van der Waals surface area contributed by atoms with Gasteiger partial charge in [0.15, 0.2) is 23.1 Å². The van der Waals surface area contributed by atoms with Gasteiger partial charge in [-0.2, -0.15) is 13.2 Å². The Morgan fingerprint density at radius 2 is 1.68 bits per heavy atom. The van der Waals surface area contributed by atoms with E-state index in [0.29, 0.717) is 24.5 Å². The van der Waals surface area contributed by atoms with Crippen molar-refractivity contribution in [3.8, 4) is 11.5 Å². The van der Waals surface area contributed by atoms with E-state index in [1.54, 1.807) is 33.2 Å². The Morgan fingerprint density at radius 1 is 1.02 bits per heavy atom. The van der Waals surface area contributed by atoms with Crippen LogP contribution in [-0.2, 0) is 15.0 Å². The molecule has 44 heavy (non-hydrogen) atoms. The van der Waals surface area contributed by atoms with Crippen LogP contribution in [0.15, 0.2) is 36.4 Å². The number of fused-ring (bicyclic) bond motifs is 1. The normalized spacial score (nSPS) is 21.3. The third-order valence-corrected chi connectivity index (χ3v) is 7.92. The molecule has 2 aromatic rings. The molecular weight excluding hydrogens is 595 g/mol. The number of carbonyl (C=O) groups is 3. The predicted octanol–water partition coefficient (Wildman–Crippen LogP) is 4.39. The number of ether oxygens (including phenoxy) is 2. The average molecular weight is 631 g/mol. The number of carbonyl (C=O) groups excluding carboxylic acids is 2. The quantitative estimate of drug-likeness (QED) is 0.389. The minimum absolute atomic E-state index is 0.0109. The summed E-state index contributed by atoms with van der Waals surface area (Å²) in [5.74, 6) is -3.43. The summed E-state index contributed by atoms with van der Waals surface area (Å²) in [5, 5.41) is 12.7. The first-order valence-electron chi connectivity index (χ1n) is 13.6. The maximum atomic E-state index is 13.5. The molecule has 1 aliphatic heterocycles. The number of carboxylic acid groups (broad SMARTS) is 1. The lowest BCUT2D eigenvalue weighted by atomic mass is 9.65. The van der Waals surface area contributed by atoms with Crippen LogP contribution in [0.1, 0.15) is 31.2 Å². The average Bonchev–Trinajstić information content (AvgIpc) is 3.32. The fourth-order valence-electron chi connectivity index (χ4n) is 5.69. The zero-order valence-electron chi connectivity index (χ0n) is 24.6. The summed E-state index contributed by atoms with van der Waals surface area (Å²) in [6.45, 7) is 1.05. The summed E-state index contributed by atoms with van der Waals surface area (Å²) in [4.78, 5) is 38.0. The highest BCUT2D eigenvalue weighted by molar-refractivity contribution is 5.89. The molecule has 2 fully saturated rings. The Hall–Kier alpha value is -4.14. The largest absolute Gasteiger partial charge is 0.493 e. The first-order chi connectivity index (χ1) is 20.6. The molecule has 10 nitrogen and oxygen atoms in total. The van der Waals surface area contributed by atoms with E-state index in [1.165, 1.54) is 6.07 Å². The minimum Gasteiger partial charge on any atom is -0.493 e. The lowest BCUT2D eigenvalue weighted by Crippen LogP contribution is -2.54. The van der Waals surface area contributed by atoms with Gasteiger partial charge in [-0.1, -0.05) is 6.07 Å². The van der Waals surface area contributed by atoms with Crippen molar-refractivity contribution in [2.45, 2.75) is 49.4 Å². The molecule has 15 heteroatoms. The van der Waals surface area contributed by atoms with Gasteiger partial charge < -0.3 is 30.1 Å². The maximum Gasteiger partial charge on any atom is 0.490 e. The first-order valence-corrected chi connectivity index (χ1v) is 13.6. The highest BCUT2D eigenvalue weighted by Crippen LogP contribution is 2.50. The Balaban J connectivity index is 0.000000676. The van der Waals surface area contributed by atoms with Crippen LogP contribution in [0.25, 0.3) is 0 Å². The molecule has 1 aliphatic carbocycles. The molecule has 1 saturated carbocycles. The van der Waals surface area contributed by atoms with Gasteiger partial charge in [-0.25, -0.2) is 18.4 Å². The zero-order chi connectivity index (χ0) is 32.8. The van der Waals surface area contributed by atoms with E-state index in [1.807, 2.05) is 12.1 Å². The molecule has 0 bridgehead atoms. The van der Waals surface area contributed by atoms with Crippen LogP contribution in [0.2, 0.25) is 0 Å². The molecule has 0 aromatic heterocycles. The Labute approximate surface area is 251 Å². The number of benzene rings is 2. The summed E-state index contributed by atoms with van der Waals surface area (Å²) in [7, 11) is 6.70. The van der Waals surface area contributed by atoms with E-state index in [2.05, 4.69) is 21.6 Å². The number of halogens is 5. The van der Waals surface area contributed by atoms with E-state index >= 15 is 0 Å². The fourth-order valence-corrected chi connectivity index (χ4v) is 5.69. The molecule has 3 amide bonds. The second-order valence-corrected chi connectivity index (χ2v) is 10.8. The number of carboxylic acids is 1. The van der Waals surface area contributed by atoms with Crippen LogP contribution >= 0.6 is 0 Å². The van der Waals surface area contributed by atoms with Crippen LogP contribution in [0, 0.1) is 11.6 Å². The maximum absolute atomic E-state index is 13.5. The third kappa shape index (κ3) is 8.07. The van der Waals surface area contributed by atoms with Crippen molar-refractivity contribution >= 4 is 23.6 Å². The third-order valence-electron chi connectivity index (χ3n) is 7.92. The summed E-state index contributed by atoms with van der Waals surface area (Å²) in [6, 6.07) is 8.60. The highest BCUT2D eigenvalue weighted by atomic mass is 19.4. The van der Waals surface area contributed by atoms with Crippen LogP contribution in [0.4, 0.5) is 32.4 Å². The monoisotopic (exact) mass is 630 g/mol. The molecule has 1 saturated heterocycles. The van der Waals surface area contributed by atoms with Crippen LogP contribution in [-0.4, -0.2) is 92.5 Å². The standard InChI is InChI=1S/C27H34F2N4O4.C2HF3O2/c1-32(2)25(34)16-33-12-11-27(17-5-8-22(36-3)23(13-17)37-4)10-9-19(15-24(27)33)31-26(35)30-18-6-7-20(28)21(29)14-18;3-2(4,5)1(6)7/h5-8,13-14,19,24H,9-12,15-16H2,1-4H3,(H2,30,31,35);(H,6,7). The number of rotatable bonds is 7. The van der Waals surface area contributed by atoms with E-state index in [-0.39, 0.29) is 29.1 Å². The van der Waals surface area contributed by atoms with Gasteiger partial charge in [0.25, 0.3) is 0 Å². The van der Waals surface area contributed by atoms with Gasteiger partial charge in [0.05, 0.1) is 20.8 Å². The zero-order valence-corrected chi connectivity index (χ0v) is 24.6. The first kappa shape index (κ1) is 34.4. The number of amides is 3. The van der Waals surface area contributed by atoms with Gasteiger partial charge >= 0.3 is 18.2 Å². The summed E-state index contributed by atoms with van der Waals surface area (Å²) in [6.07, 6.45) is -2.04. The molecule has 4 rings (SSSR count).